The van der Waals surface area contributed by atoms with Crippen molar-refractivity contribution in [3.63, 3.8) is 0 Å². The Balaban J connectivity index is 0.000000200. The van der Waals surface area contributed by atoms with Gasteiger partial charge in [0.05, 0.1) is 110 Å². The smallest absolute Gasteiger partial charge is 0.409 e. The number of methoxy groups -OCH3 is 3. The van der Waals surface area contributed by atoms with Crippen molar-refractivity contribution in [1.82, 2.24) is 38.9 Å². The normalized spacial score (nSPS) is 18.7. The van der Waals surface area contributed by atoms with Crippen molar-refractivity contribution < 1.29 is 37.3 Å². The number of hydrogen-bond donors (Lipinski definition) is 0. The number of halogens is 2. The van der Waals surface area contributed by atoms with E-state index in [1.807, 2.05) is 38.2 Å². The highest BCUT2D eigenvalue weighted by molar-refractivity contribution is 5.86. The summed E-state index contributed by atoms with van der Waals surface area (Å²) in [7, 11) is 6.70. The van der Waals surface area contributed by atoms with Crippen LogP contribution < -0.4 is 9.47 Å². The van der Waals surface area contributed by atoms with Crippen molar-refractivity contribution in [2.75, 3.05) is 81.1 Å². The third-order valence-electron chi connectivity index (χ3n) is 12.8. The van der Waals surface area contributed by atoms with Gasteiger partial charge in [0, 0.05) is 43.4 Å². The topological polar surface area (TPSA) is 131 Å². The highest BCUT2D eigenvalue weighted by Gasteiger charge is 2.39. The predicted octanol–water partition coefficient (Wildman–Crippen LogP) is 9.51. The van der Waals surface area contributed by atoms with Crippen molar-refractivity contribution in [1.29, 1.82) is 0 Å². The van der Waals surface area contributed by atoms with Crippen molar-refractivity contribution >= 4 is 28.2 Å². The van der Waals surface area contributed by atoms with Crippen molar-refractivity contribution in [2.45, 2.75) is 91.5 Å². The quantitative estimate of drug-likeness (QED) is 0.104. The molecule has 360 valence electrons. The fourth-order valence-corrected chi connectivity index (χ4v) is 9.40. The van der Waals surface area contributed by atoms with Crippen LogP contribution in [0.5, 0.6) is 11.8 Å². The SMILES string of the molecule is COC(=O)N1C[C@H](OCCF)[C@H](n2cc(C)c3nc(-c4ccc(C(C)C)nc4OC)c(C)cc32)C1.COc1nc(C(C)C)ccc1-c1nc2c(C)cn([C@@H]3CN(C)C[C@@H]3OCCF)c2cc1C. The Kier molecular flexibility index (Phi) is 15.5. The molecule has 0 unspecified atom stereocenters. The number of nitrogens with zero attached hydrogens (tertiary/aromatic N) is 8. The lowest BCUT2D eigenvalue weighted by Crippen LogP contribution is -2.30. The molecule has 2 fully saturated rings. The number of likely N-dealkylation sites (tertiary alicyclic amines) is 2. The third-order valence-corrected chi connectivity index (χ3v) is 12.8. The lowest BCUT2D eigenvalue weighted by atomic mass is 10.0. The minimum absolute atomic E-state index is 0.0189. The molecule has 67 heavy (non-hydrogen) atoms. The Hall–Kier alpha value is -5.71. The van der Waals surface area contributed by atoms with Crippen LogP contribution in [0.4, 0.5) is 13.6 Å². The first-order valence-corrected chi connectivity index (χ1v) is 23.1. The molecule has 0 N–H and O–H groups in total. The predicted molar refractivity (Wildman–Crippen MR) is 257 cm³/mol. The summed E-state index contributed by atoms with van der Waals surface area (Å²) in [4.78, 5) is 35.5. The molecule has 2 aliphatic rings. The van der Waals surface area contributed by atoms with E-state index in [4.69, 9.17) is 38.6 Å². The average Bonchev–Trinajstić information content (AvgIpc) is 4.08. The van der Waals surface area contributed by atoms with E-state index in [0.717, 1.165) is 91.3 Å². The summed E-state index contributed by atoms with van der Waals surface area (Å²) in [6.45, 7) is 18.1. The van der Waals surface area contributed by atoms with Crippen LogP contribution in [0.25, 0.3) is 44.6 Å². The molecule has 8 rings (SSSR count). The monoisotopic (exact) mass is 925 g/mol. The number of likely N-dealkylation sites (N-methyl/N-ethyl adjacent to an activating group) is 1. The number of ether oxygens (including phenoxy) is 5. The van der Waals surface area contributed by atoms with Gasteiger partial charge in [-0.25, -0.2) is 33.5 Å². The second kappa shape index (κ2) is 21.1. The summed E-state index contributed by atoms with van der Waals surface area (Å²) >= 11 is 0. The zero-order valence-corrected chi connectivity index (χ0v) is 41.0. The van der Waals surface area contributed by atoms with Gasteiger partial charge in [-0.2, -0.15) is 0 Å². The van der Waals surface area contributed by atoms with Gasteiger partial charge in [-0.3, -0.25) is 0 Å². The van der Waals surface area contributed by atoms with Crippen LogP contribution in [0, 0.1) is 27.7 Å². The van der Waals surface area contributed by atoms with E-state index >= 15 is 0 Å². The van der Waals surface area contributed by atoms with Crippen molar-refractivity contribution in [3.8, 4) is 34.3 Å². The van der Waals surface area contributed by atoms with Crippen molar-refractivity contribution in [2.24, 2.45) is 0 Å². The van der Waals surface area contributed by atoms with Gasteiger partial charge < -0.3 is 42.6 Å². The molecule has 1 amide bonds. The molecule has 0 bridgehead atoms. The number of alkyl halides is 2. The zero-order chi connectivity index (χ0) is 48.3. The minimum Gasteiger partial charge on any atom is -0.480 e. The number of amides is 1. The molecule has 8 heterocycles. The van der Waals surface area contributed by atoms with E-state index in [1.165, 1.54) is 7.11 Å². The Morgan fingerprint density at radius 2 is 1.09 bits per heavy atom. The lowest BCUT2D eigenvalue weighted by Gasteiger charge is -2.21. The van der Waals surface area contributed by atoms with Gasteiger partial charge >= 0.3 is 6.09 Å². The van der Waals surface area contributed by atoms with Crippen LogP contribution in [0.1, 0.15) is 85.3 Å². The largest absolute Gasteiger partial charge is 0.480 e. The molecule has 6 aromatic heterocycles. The maximum atomic E-state index is 12.9. The Labute approximate surface area is 392 Å². The summed E-state index contributed by atoms with van der Waals surface area (Å²) in [6.07, 6.45) is 3.35. The molecular weight excluding hydrogens is 859 g/mol. The summed E-state index contributed by atoms with van der Waals surface area (Å²) in [5, 5.41) is 0. The summed E-state index contributed by atoms with van der Waals surface area (Å²) in [5.41, 5.74) is 13.3. The van der Waals surface area contributed by atoms with Gasteiger partial charge in [-0.15, -0.1) is 0 Å². The lowest BCUT2D eigenvalue weighted by molar-refractivity contribution is 0.0299. The highest BCUT2D eigenvalue weighted by Crippen LogP contribution is 2.38. The number of aromatic nitrogens is 6. The number of carbonyl (C=O) groups excluding carboxylic acids is 1. The highest BCUT2D eigenvalue weighted by atomic mass is 19.1. The summed E-state index contributed by atoms with van der Waals surface area (Å²) in [5.74, 6) is 1.75. The number of hydrogen-bond acceptors (Lipinski definition) is 11. The van der Waals surface area contributed by atoms with E-state index in [0.29, 0.717) is 30.8 Å². The minimum atomic E-state index is -0.581. The molecule has 14 nitrogen and oxygen atoms in total. The number of fused-ring (bicyclic) bond motifs is 2. The van der Waals surface area contributed by atoms with Gasteiger partial charge in [-0.1, -0.05) is 27.7 Å². The molecule has 2 saturated heterocycles. The van der Waals surface area contributed by atoms with Crippen LogP contribution >= 0.6 is 0 Å². The molecule has 4 atom stereocenters. The maximum absolute atomic E-state index is 12.9. The van der Waals surface area contributed by atoms with Crippen LogP contribution in [-0.4, -0.2) is 138 Å². The molecular formula is C51H66F2N8O6. The molecule has 0 radical (unpaired) electrons. The number of rotatable bonds is 14. The fourth-order valence-electron chi connectivity index (χ4n) is 9.40. The molecule has 16 heteroatoms. The molecule has 2 aliphatic heterocycles. The fraction of sp³-hybridized carbons (Fsp3) is 0.510. The van der Waals surface area contributed by atoms with Gasteiger partial charge in [0.2, 0.25) is 11.8 Å². The maximum Gasteiger partial charge on any atom is 0.409 e. The third kappa shape index (κ3) is 10.1. The second-order valence-corrected chi connectivity index (χ2v) is 18.3. The van der Waals surface area contributed by atoms with Crippen LogP contribution in [0.2, 0.25) is 0 Å². The van der Waals surface area contributed by atoms with E-state index in [9.17, 15) is 13.6 Å². The Morgan fingerprint density at radius 1 is 0.642 bits per heavy atom. The summed E-state index contributed by atoms with van der Waals surface area (Å²) in [6, 6.07) is 12.3. The number of aryl methyl sites for hydroxylation is 4. The molecule has 6 aromatic rings. The van der Waals surface area contributed by atoms with Crippen molar-refractivity contribution in [3.05, 3.63) is 82.4 Å². The van der Waals surface area contributed by atoms with Crippen LogP contribution in [0.3, 0.4) is 0 Å². The Morgan fingerprint density at radius 3 is 1.51 bits per heavy atom. The molecule has 0 aliphatic carbocycles. The first kappa shape index (κ1) is 49.2. The van der Waals surface area contributed by atoms with E-state index in [-0.39, 0.29) is 43.4 Å². The second-order valence-electron chi connectivity index (χ2n) is 18.3. The first-order chi connectivity index (χ1) is 32.1. The molecule has 0 aromatic carbocycles. The molecule has 0 spiro atoms. The van der Waals surface area contributed by atoms with Gasteiger partial charge in [0.25, 0.3) is 0 Å². The average molecular weight is 925 g/mol. The van der Waals surface area contributed by atoms with E-state index in [1.54, 1.807) is 19.1 Å². The van der Waals surface area contributed by atoms with Crippen LogP contribution in [0.15, 0.2) is 48.8 Å². The van der Waals surface area contributed by atoms with Gasteiger partial charge in [0.15, 0.2) is 0 Å². The number of pyridine rings is 4. The number of carbonyl (C=O) groups is 1. The first-order valence-electron chi connectivity index (χ1n) is 23.1. The van der Waals surface area contributed by atoms with Crippen LogP contribution in [-0.2, 0) is 14.2 Å². The van der Waals surface area contributed by atoms with E-state index < -0.39 is 19.4 Å². The zero-order valence-electron chi connectivity index (χ0n) is 41.0. The summed E-state index contributed by atoms with van der Waals surface area (Å²) < 4.78 is 57.8. The van der Waals surface area contributed by atoms with Gasteiger partial charge in [0.1, 0.15) is 13.3 Å². The Bertz CT molecular complexity index is 2700. The van der Waals surface area contributed by atoms with E-state index in [2.05, 4.69) is 92.0 Å². The standard InChI is InChI=1S/C26H33FN4O4.C25H33FN4O2/c1-15(2)19-8-7-18(25(28-19)33-5)23-16(3)11-20-24(29-23)17(4)12-31(20)21-13-30(26(32)34-6)14-22(21)35-10-9-27;1-15(2)19-8-7-18(25(27-19)31-6)23-16(3)11-20-24(28-23)17(4)12-30(20)21-13-29(5)14-22(21)32-10-9-26/h7-8,11-12,15,21-22H,9-10,13-14H2,1-6H3;7-8,11-12,15,21-22H,9-10,13-14H2,1-6H3/t2*21-,22+/m11/s1. The van der Waals surface area contributed by atoms with Gasteiger partial charge in [-0.05, 0) is 105 Å². The molecule has 0 saturated carbocycles.